The van der Waals surface area contributed by atoms with Crippen LogP contribution in [0.2, 0.25) is 0 Å². The van der Waals surface area contributed by atoms with Crippen molar-refractivity contribution in [3.8, 4) is 0 Å². The molecule has 2 aromatic rings. The van der Waals surface area contributed by atoms with Crippen LogP contribution < -0.4 is 0 Å². The molecular weight excluding hydrogens is 348 g/mol. The Morgan fingerprint density at radius 1 is 1.19 bits per heavy atom. The highest BCUT2D eigenvalue weighted by molar-refractivity contribution is 8.00. The van der Waals surface area contributed by atoms with Gasteiger partial charge in [-0.05, 0) is 35.8 Å². The summed E-state index contributed by atoms with van der Waals surface area (Å²) in [6.07, 6.45) is 2.26. The molecular formula is C18H24N6OS. The second kappa shape index (κ2) is 7.75. The first-order valence-corrected chi connectivity index (χ1v) is 10.1. The normalized spacial score (nSPS) is 19.5. The number of thioether (sulfide) groups is 1. The molecule has 138 valence electrons. The first-order chi connectivity index (χ1) is 12.7. The summed E-state index contributed by atoms with van der Waals surface area (Å²) >= 11 is 1.47. The number of aromatic nitrogens is 4. The van der Waals surface area contributed by atoms with Crippen molar-refractivity contribution in [3.05, 3.63) is 35.9 Å². The Bertz CT molecular complexity index is 739. The molecule has 2 aliphatic rings. The van der Waals surface area contributed by atoms with Gasteiger partial charge in [-0.2, -0.15) is 0 Å². The Kier molecular flexibility index (Phi) is 5.21. The number of nitrogens with zero attached hydrogens (tertiary/aromatic N) is 6. The van der Waals surface area contributed by atoms with Gasteiger partial charge in [0.15, 0.2) is 0 Å². The first-order valence-electron chi connectivity index (χ1n) is 9.20. The molecule has 0 radical (unpaired) electrons. The Morgan fingerprint density at radius 2 is 1.92 bits per heavy atom. The van der Waals surface area contributed by atoms with E-state index in [1.165, 1.54) is 17.3 Å². The first kappa shape index (κ1) is 17.5. The summed E-state index contributed by atoms with van der Waals surface area (Å²) < 4.78 is 1.87. The second-order valence-corrected chi connectivity index (χ2v) is 8.29. The minimum absolute atomic E-state index is 0.167. The van der Waals surface area contributed by atoms with Crippen molar-refractivity contribution < 1.29 is 4.79 Å². The molecule has 0 N–H and O–H groups in total. The van der Waals surface area contributed by atoms with Gasteiger partial charge >= 0.3 is 0 Å². The van der Waals surface area contributed by atoms with Crippen LogP contribution in [0.1, 0.15) is 31.4 Å². The largest absolute Gasteiger partial charge is 0.339 e. The maximum absolute atomic E-state index is 12.8. The molecule has 0 spiro atoms. The van der Waals surface area contributed by atoms with Crippen molar-refractivity contribution in [2.24, 2.45) is 0 Å². The lowest BCUT2D eigenvalue weighted by molar-refractivity contribution is -0.132. The summed E-state index contributed by atoms with van der Waals surface area (Å²) in [5.74, 6) is 0.180. The van der Waals surface area contributed by atoms with E-state index in [4.69, 9.17) is 0 Å². The molecule has 1 saturated heterocycles. The van der Waals surface area contributed by atoms with Crippen LogP contribution in [0.5, 0.6) is 0 Å². The van der Waals surface area contributed by atoms with E-state index in [9.17, 15) is 4.79 Å². The van der Waals surface area contributed by atoms with Crippen molar-refractivity contribution >= 4 is 17.7 Å². The number of piperazine rings is 1. The van der Waals surface area contributed by atoms with Gasteiger partial charge in [-0.15, -0.1) is 5.10 Å². The number of tetrazole rings is 1. The lowest BCUT2D eigenvalue weighted by atomic mass is 10.2. The van der Waals surface area contributed by atoms with Gasteiger partial charge in [0.1, 0.15) is 0 Å². The summed E-state index contributed by atoms with van der Waals surface area (Å²) in [5.41, 5.74) is 1.32. The highest BCUT2D eigenvalue weighted by Crippen LogP contribution is 2.37. The molecule has 1 aromatic carbocycles. The van der Waals surface area contributed by atoms with Gasteiger partial charge in [-0.25, -0.2) is 4.68 Å². The standard InChI is InChI=1S/C18H24N6OS/c1-14(26-18-19-20-21-24(18)16-7-8-16)17(25)23-11-9-22(10-12-23)13-15-5-3-2-4-6-15/h2-6,14,16H,7-13H2,1H3/t14-/m1/s1. The number of carbonyl (C=O) groups excluding carboxylic acids is 1. The van der Waals surface area contributed by atoms with Gasteiger partial charge in [0.2, 0.25) is 11.1 Å². The van der Waals surface area contributed by atoms with Crippen molar-refractivity contribution in [2.45, 2.75) is 42.8 Å². The van der Waals surface area contributed by atoms with Gasteiger partial charge in [0.25, 0.3) is 0 Å². The molecule has 4 rings (SSSR count). The SMILES string of the molecule is C[C@@H](Sc1nnnn1C1CC1)C(=O)N1CCN(Cc2ccccc2)CC1. The zero-order chi connectivity index (χ0) is 17.9. The Hall–Kier alpha value is -1.93. The predicted octanol–water partition coefficient (Wildman–Crippen LogP) is 1.83. The molecule has 1 atom stereocenters. The predicted molar refractivity (Wildman–Crippen MR) is 99.7 cm³/mol. The zero-order valence-electron chi connectivity index (χ0n) is 15.0. The van der Waals surface area contributed by atoms with E-state index < -0.39 is 0 Å². The Morgan fingerprint density at radius 3 is 2.62 bits per heavy atom. The van der Waals surface area contributed by atoms with Crippen molar-refractivity contribution in [1.29, 1.82) is 0 Å². The van der Waals surface area contributed by atoms with Gasteiger partial charge in [-0.1, -0.05) is 42.1 Å². The monoisotopic (exact) mass is 372 g/mol. The molecule has 1 saturated carbocycles. The average molecular weight is 372 g/mol. The highest BCUT2D eigenvalue weighted by atomic mass is 32.2. The molecule has 2 fully saturated rings. The fraction of sp³-hybridized carbons (Fsp3) is 0.556. The summed E-state index contributed by atoms with van der Waals surface area (Å²) in [4.78, 5) is 17.2. The van der Waals surface area contributed by atoms with E-state index in [1.54, 1.807) is 0 Å². The summed E-state index contributed by atoms with van der Waals surface area (Å²) in [5, 5.41) is 12.5. The number of hydrogen-bond donors (Lipinski definition) is 0. The van der Waals surface area contributed by atoms with Gasteiger partial charge < -0.3 is 4.90 Å². The van der Waals surface area contributed by atoms with Gasteiger partial charge in [0.05, 0.1) is 11.3 Å². The van der Waals surface area contributed by atoms with Crippen molar-refractivity contribution in [2.75, 3.05) is 26.2 Å². The number of carbonyl (C=O) groups is 1. The minimum Gasteiger partial charge on any atom is -0.339 e. The molecule has 7 nitrogen and oxygen atoms in total. The molecule has 1 aliphatic heterocycles. The fourth-order valence-corrected chi connectivity index (χ4v) is 4.19. The maximum Gasteiger partial charge on any atom is 0.235 e. The van der Waals surface area contributed by atoms with Crippen LogP contribution in [0.15, 0.2) is 35.5 Å². The number of hydrogen-bond acceptors (Lipinski definition) is 6. The topological polar surface area (TPSA) is 67.2 Å². The van der Waals surface area contributed by atoms with Crippen LogP contribution in [0.25, 0.3) is 0 Å². The van der Waals surface area contributed by atoms with Gasteiger partial charge in [-0.3, -0.25) is 9.69 Å². The summed E-state index contributed by atoms with van der Waals surface area (Å²) in [6, 6.07) is 10.9. The van der Waals surface area contributed by atoms with E-state index in [1.807, 2.05) is 22.6 Å². The number of rotatable bonds is 6. The molecule has 1 aliphatic carbocycles. The van der Waals surface area contributed by atoms with Crippen LogP contribution in [-0.4, -0.2) is 67.3 Å². The van der Waals surface area contributed by atoms with Crippen LogP contribution >= 0.6 is 11.8 Å². The van der Waals surface area contributed by atoms with Crippen LogP contribution in [0.4, 0.5) is 0 Å². The number of amides is 1. The lowest BCUT2D eigenvalue weighted by Crippen LogP contribution is -2.50. The third kappa shape index (κ3) is 4.07. The minimum atomic E-state index is -0.167. The molecule has 26 heavy (non-hydrogen) atoms. The maximum atomic E-state index is 12.8. The average Bonchev–Trinajstić information content (AvgIpc) is 3.42. The number of benzene rings is 1. The molecule has 1 amide bonds. The third-order valence-electron chi connectivity index (χ3n) is 4.92. The van der Waals surface area contributed by atoms with E-state index >= 15 is 0 Å². The van der Waals surface area contributed by atoms with Crippen LogP contribution in [0.3, 0.4) is 0 Å². The van der Waals surface area contributed by atoms with Crippen molar-refractivity contribution in [3.63, 3.8) is 0 Å². The van der Waals surface area contributed by atoms with Crippen LogP contribution in [0, 0.1) is 0 Å². The zero-order valence-corrected chi connectivity index (χ0v) is 15.8. The summed E-state index contributed by atoms with van der Waals surface area (Å²) in [6.45, 7) is 6.29. The van der Waals surface area contributed by atoms with Gasteiger partial charge in [0, 0.05) is 32.7 Å². The van der Waals surface area contributed by atoms with Crippen LogP contribution in [-0.2, 0) is 11.3 Å². The summed E-state index contributed by atoms with van der Waals surface area (Å²) in [7, 11) is 0. The quantitative estimate of drug-likeness (QED) is 0.721. The van der Waals surface area contributed by atoms with E-state index in [-0.39, 0.29) is 11.2 Å². The highest BCUT2D eigenvalue weighted by Gasteiger charge is 2.31. The lowest BCUT2D eigenvalue weighted by Gasteiger charge is -2.35. The fourth-order valence-electron chi connectivity index (χ4n) is 3.24. The van der Waals surface area contributed by atoms with E-state index in [0.29, 0.717) is 6.04 Å². The smallest absolute Gasteiger partial charge is 0.235 e. The van der Waals surface area contributed by atoms with Crippen molar-refractivity contribution in [1.82, 2.24) is 30.0 Å². The molecule has 1 aromatic heterocycles. The van der Waals surface area contributed by atoms with E-state index in [2.05, 4.69) is 44.7 Å². The molecule has 8 heteroatoms. The molecule has 2 heterocycles. The second-order valence-electron chi connectivity index (χ2n) is 6.98. The molecule has 0 bridgehead atoms. The molecule has 0 unspecified atom stereocenters. The van der Waals surface area contributed by atoms with E-state index in [0.717, 1.165) is 50.7 Å². The Labute approximate surface area is 157 Å². The Balaban J connectivity index is 1.28. The third-order valence-corrected chi connectivity index (χ3v) is 5.95.